The molecular formula is C27H40N2O4S2Si. The topological polar surface area (TPSA) is 76.7 Å². The zero-order valence-corrected chi connectivity index (χ0v) is 24.9. The van der Waals surface area contributed by atoms with Crippen molar-refractivity contribution in [1.82, 2.24) is 5.32 Å². The van der Waals surface area contributed by atoms with Gasteiger partial charge in [0, 0.05) is 28.4 Å². The number of hydrogen-bond acceptors (Lipinski definition) is 6. The molecule has 6 nitrogen and oxygen atoms in total. The highest BCUT2D eigenvalue weighted by Crippen LogP contribution is 2.33. The van der Waals surface area contributed by atoms with E-state index in [1.54, 1.807) is 17.4 Å². The maximum atomic E-state index is 11.7. The van der Waals surface area contributed by atoms with Gasteiger partial charge >= 0.3 is 0 Å². The van der Waals surface area contributed by atoms with E-state index in [1.807, 2.05) is 24.3 Å². The van der Waals surface area contributed by atoms with E-state index in [-0.39, 0.29) is 6.10 Å². The molecule has 0 unspecified atom stereocenters. The molecule has 9 heteroatoms. The van der Waals surface area contributed by atoms with Crippen molar-refractivity contribution in [3.8, 4) is 5.75 Å². The molecule has 0 fully saturated rings. The molecule has 2 N–H and O–H groups in total. The molecule has 36 heavy (non-hydrogen) atoms. The summed E-state index contributed by atoms with van der Waals surface area (Å²) in [6, 6.07) is 17.0. The molecule has 0 bridgehead atoms. The van der Waals surface area contributed by atoms with Crippen LogP contribution >= 0.6 is 11.3 Å². The van der Waals surface area contributed by atoms with Gasteiger partial charge in [-0.2, -0.15) is 0 Å². The van der Waals surface area contributed by atoms with Gasteiger partial charge in [-0.25, -0.2) is 8.42 Å². The Bertz CT molecular complexity index is 1250. The van der Waals surface area contributed by atoms with E-state index in [1.165, 1.54) is 20.5 Å². The summed E-state index contributed by atoms with van der Waals surface area (Å²) in [7, 11) is -5.23. The molecule has 0 radical (unpaired) electrons. The summed E-state index contributed by atoms with van der Waals surface area (Å²) in [5.74, 6) is 0.882. The fraction of sp³-hybridized carbons (Fsp3) is 0.481. The summed E-state index contributed by atoms with van der Waals surface area (Å²) in [6.45, 7) is 12.8. The second kappa shape index (κ2) is 12.6. The van der Waals surface area contributed by atoms with Crippen molar-refractivity contribution in [2.75, 3.05) is 30.7 Å². The summed E-state index contributed by atoms with van der Waals surface area (Å²) in [6.07, 6.45) is 1.00. The van der Waals surface area contributed by atoms with Crippen molar-refractivity contribution >= 4 is 45.5 Å². The predicted octanol–water partition coefficient (Wildman–Crippen LogP) is 6.62. The lowest BCUT2D eigenvalue weighted by atomic mass is 10.1. The summed E-state index contributed by atoms with van der Waals surface area (Å²) in [5.41, 5.74) is 2.87. The molecule has 3 aromatic rings. The Morgan fingerprint density at radius 2 is 1.75 bits per heavy atom. The summed E-state index contributed by atoms with van der Waals surface area (Å²) < 4.78 is 40.2. The van der Waals surface area contributed by atoms with Crippen molar-refractivity contribution in [3.63, 3.8) is 0 Å². The van der Waals surface area contributed by atoms with E-state index in [2.05, 4.69) is 56.8 Å². The first-order valence-corrected chi connectivity index (χ1v) is 17.9. The number of sulfonamides is 1. The van der Waals surface area contributed by atoms with Gasteiger partial charge in [-0.05, 0) is 78.8 Å². The Hall–Kier alpha value is -1.91. The molecule has 1 aromatic heterocycles. The van der Waals surface area contributed by atoms with Crippen LogP contribution in [0.2, 0.25) is 18.1 Å². The molecule has 0 aliphatic carbocycles. The first-order chi connectivity index (χ1) is 17.1. The quantitative estimate of drug-likeness (QED) is 0.175. The van der Waals surface area contributed by atoms with Gasteiger partial charge in [-0.1, -0.05) is 32.9 Å². The summed E-state index contributed by atoms with van der Waals surface area (Å²) in [5, 5.41) is 4.80. The molecule has 1 heterocycles. The van der Waals surface area contributed by atoms with E-state index in [0.29, 0.717) is 25.4 Å². The van der Waals surface area contributed by atoms with Crippen molar-refractivity contribution in [1.29, 1.82) is 0 Å². The van der Waals surface area contributed by atoms with E-state index in [0.717, 1.165) is 35.7 Å². The highest BCUT2D eigenvalue weighted by molar-refractivity contribution is 7.92. The van der Waals surface area contributed by atoms with Gasteiger partial charge in [0.2, 0.25) is 10.0 Å². The molecule has 1 atom stereocenters. The van der Waals surface area contributed by atoms with Crippen molar-refractivity contribution in [2.24, 2.45) is 0 Å². The van der Waals surface area contributed by atoms with Gasteiger partial charge in [0.05, 0.1) is 12.4 Å². The minimum absolute atomic E-state index is 0.161. The smallest absolute Gasteiger partial charge is 0.229 e. The van der Waals surface area contributed by atoms with E-state index in [4.69, 9.17) is 9.16 Å². The number of thiophene rings is 1. The fourth-order valence-corrected chi connectivity index (χ4v) is 8.92. The van der Waals surface area contributed by atoms with Gasteiger partial charge < -0.3 is 14.5 Å². The molecule has 0 saturated carbocycles. The number of aryl methyl sites for hydroxylation is 2. The van der Waals surface area contributed by atoms with E-state index < -0.39 is 18.3 Å². The van der Waals surface area contributed by atoms with Crippen LogP contribution in [-0.2, 0) is 14.4 Å². The molecule has 0 saturated heterocycles. The monoisotopic (exact) mass is 548 g/mol. The van der Waals surface area contributed by atoms with Gasteiger partial charge in [0.1, 0.15) is 12.4 Å². The summed E-state index contributed by atoms with van der Waals surface area (Å²) in [4.78, 5) is 1.34. The Balaban J connectivity index is 1.66. The van der Waals surface area contributed by atoms with E-state index in [9.17, 15) is 8.42 Å². The third kappa shape index (κ3) is 7.55. The van der Waals surface area contributed by atoms with E-state index >= 15 is 0 Å². The van der Waals surface area contributed by atoms with Gasteiger partial charge in [0.25, 0.3) is 0 Å². The van der Waals surface area contributed by atoms with Crippen molar-refractivity contribution in [3.05, 3.63) is 58.5 Å². The van der Waals surface area contributed by atoms with Crippen LogP contribution in [0.25, 0.3) is 10.1 Å². The van der Waals surface area contributed by atoms with Gasteiger partial charge in [-0.3, -0.25) is 4.72 Å². The average Bonchev–Trinajstić information content (AvgIpc) is 3.13. The molecule has 0 aliphatic rings. The minimum atomic E-state index is -3.35. The molecule has 0 aliphatic heterocycles. The minimum Gasteiger partial charge on any atom is -0.492 e. The number of ether oxygens (including phenoxy) is 1. The SMILES string of the molecule is CC[Si](CC)(CC)O[C@@H](CNCCOc1ccc2c(C)c(C)sc2c1)c1cccc(NS(C)(=O)=O)c1. The van der Waals surface area contributed by atoms with Crippen LogP contribution < -0.4 is 14.8 Å². The number of benzene rings is 2. The molecule has 3 rings (SSSR count). The second-order valence-electron chi connectivity index (χ2n) is 9.34. The van der Waals surface area contributed by atoms with Crippen LogP contribution in [0.15, 0.2) is 42.5 Å². The Kier molecular flexibility index (Phi) is 9.99. The molecule has 0 amide bonds. The first-order valence-electron chi connectivity index (χ1n) is 12.7. The standard InChI is InChI=1S/C27H40N2O4S2Si/c1-7-36(8-2,9-3)33-26(22-11-10-12-23(17-22)29-35(6,30)31)19-28-15-16-32-24-13-14-25-20(4)21(5)34-27(25)18-24/h10-14,17-18,26,28-29H,7-9,15-16,19H2,1-6H3/t26-/m0/s1. The Morgan fingerprint density at radius 1 is 1.03 bits per heavy atom. The van der Waals surface area contributed by atoms with Crippen molar-refractivity contribution in [2.45, 2.75) is 58.9 Å². The number of nitrogens with one attached hydrogen (secondary N) is 2. The van der Waals surface area contributed by atoms with Crippen LogP contribution in [0.3, 0.4) is 0 Å². The largest absolute Gasteiger partial charge is 0.492 e. The van der Waals surface area contributed by atoms with Crippen molar-refractivity contribution < 1.29 is 17.6 Å². The average molecular weight is 549 g/mol. The number of rotatable bonds is 14. The molecular weight excluding hydrogens is 509 g/mol. The van der Waals surface area contributed by atoms with Crippen LogP contribution in [-0.4, -0.2) is 42.7 Å². The van der Waals surface area contributed by atoms with Crippen LogP contribution in [0, 0.1) is 13.8 Å². The number of fused-ring (bicyclic) bond motifs is 1. The zero-order valence-electron chi connectivity index (χ0n) is 22.3. The van der Waals surface area contributed by atoms with Crippen LogP contribution in [0.1, 0.15) is 42.9 Å². The maximum Gasteiger partial charge on any atom is 0.229 e. The van der Waals surface area contributed by atoms with Gasteiger partial charge in [-0.15, -0.1) is 11.3 Å². The molecule has 198 valence electrons. The maximum absolute atomic E-state index is 11.7. The second-order valence-corrected chi connectivity index (χ2v) is 17.1. The number of anilines is 1. The van der Waals surface area contributed by atoms with Crippen LogP contribution in [0.5, 0.6) is 5.75 Å². The lowest BCUT2D eigenvalue weighted by Crippen LogP contribution is -2.40. The lowest BCUT2D eigenvalue weighted by Gasteiger charge is -2.34. The first kappa shape index (κ1) is 28.7. The third-order valence-electron chi connectivity index (χ3n) is 6.91. The Labute approximate surface area is 221 Å². The normalized spacial score (nSPS) is 13.2. The molecule has 0 spiro atoms. The number of hydrogen-bond donors (Lipinski definition) is 2. The summed E-state index contributed by atoms with van der Waals surface area (Å²) >= 11 is 1.80. The van der Waals surface area contributed by atoms with Crippen LogP contribution in [0.4, 0.5) is 5.69 Å². The third-order valence-corrected chi connectivity index (χ3v) is 13.3. The lowest BCUT2D eigenvalue weighted by molar-refractivity contribution is 0.183. The predicted molar refractivity (Wildman–Crippen MR) is 156 cm³/mol. The highest BCUT2D eigenvalue weighted by Gasteiger charge is 2.32. The fourth-order valence-electron chi connectivity index (χ4n) is 4.44. The Morgan fingerprint density at radius 3 is 2.42 bits per heavy atom. The zero-order chi connectivity index (χ0) is 26.3. The molecule has 2 aromatic carbocycles. The van der Waals surface area contributed by atoms with Gasteiger partial charge in [0.15, 0.2) is 8.32 Å². The highest BCUT2D eigenvalue weighted by atomic mass is 32.2.